The van der Waals surface area contributed by atoms with Gasteiger partial charge in [0.25, 0.3) is 0 Å². The van der Waals surface area contributed by atoms with Gasteiger partial charge in [0.15, 0.2) is 0 Å². The van der Waals surface area contributed by atoms with Gasteiger partial charge >= 0.3 is 11.4 Å². The molecule has 0 N–H and O–H groups in total. The summed E-state index contributed by atoms with van der Waals surface area (Å²) in [5.41, 5.74) is -1.14. The highest BCUT2D eigenvalue weighted by atomic mass is 16.6. The highest BCUT2D eigenvalue weighted by Crippen LogP contribution is 2.49. The van der Waals surface area contributed by atoms with Crippen molar-refractivity contribution < 1.29 is 24.1 Å². The van der Waals surface area contributed by atoms with Crippen LogP contribution in [0.3, 0.4) is 0 Å². The summed E-state index contributed by atoms with van der Waals surface area (Å²) in [6.07, 6.45) is 0. The van der Waals surface area contributed by atoms with Crippen LogP contribution in [0.15, 0.2) is 6.07 Å². The van der Waals surface area contributed by atoms with E-state index in [0.717, 1.165) is 6.07 Å². The molecule has 1 aromatic rings. The molecule has 0 saturated carbocycles. The van der Waals surface area contributed by atoms with Crippen LogP contribution in [-0.4, -0.2) is 31.2 Å². The minimum absolute atomic E-state index is 0.194. The van der Waals surface area contributed by atoms with Gasteiger partial charge < -0.3 is 14.2 Å². The summed E-state index contributed by atoms with van der Waals surface area (Å²) in [5, 5.41) is 21.7. The Morgan fingerprint density at radius 1 is 0.833 bits per heavy atom. The SMILES string of the molecule is COc1c([N+](=O)[O-])cc([N+](=O)[O-])c(OC)c1OC. The third-order valence-corrected chi connectivity index (χ3v) is 2.16. The predicted octanol–water partition coefficient (Wildman–Crippen LogP) is 1.53. The van der Waals surface area contributed by atoms with Gasteiger partial charge in [0.2, 0.25) is 17.2 Å². The van der Waals surface area contributed by atoms with Crippen LogP contribution in [0.5, 0.6) is 17.2 Å². The lowest BCUT2D eigenvalue weighted by Gasteiger charge is -2.11. The molecule has 0 fully saturated rings. The van der Waals surface area contributed by atoms with Crippen molar-refractivity contribution in [2.75, 3.05) is 21.3 Å². The van der Waals surface area contributed by atoms with Crippen molar-refractivity contribution in [2.45, 2.75) is 0 Å². The molecule has 0 spiro atoms. The molecule has 1 aromatic carbocycles. The predicted molar refractivity (Wildman–Crippen MR) is 59.4 cm³/mol. The standard InChI is InChI=1S/C9H10N2O7/c1-16-7-5(10(12)13)4-6(11(14)15)8(17-2)9(7)18-3/h4H,1-3H3. The Bertz CT molecular complexity index is 460. The average Bonchev–Trinajstić information content (AvgIpc) is 2.35. The maximum absolute atomic E-state index is 10.8. The second kappa shape index (κ2) is 5.17. The molecule has 9 heteroatoms. The van der Waals surface area contributed by atoms with E-state index in [9.17, 15) is 20.2 Å². The Hall–Kier alpha value is -2.58. The van der Waals surface area contributed by atoms with Crippen LogP contribution in [0.25, 0.3) is 0 Å². The number of nitrogens with zero attached hydrogens (tertiary/aromatic N) is 2. The molecule has 0 bridgehead atoms. The van der Waals surface area contributed by atoms with Crippen molar-refractivity contribution in [1.29, 1.82) is 0 Å². The van der Waals surface area contributed by atoms with Gasteiger partial charge in [-0.15, -0.1) is 0 Å². The lowest BCUT2D eigenvalue weighted by Crippen LogP contribution is -2.02. The van der Waals surface area contributed by atoms with Gasteiger partial charge in [0.1, 0.15) is 6.07 Å². The van der Waals surface area contributed by atoms with Gasteiger partial charge in [0.05, 0.1) is 31.2 Å². The zero-order valence-electron chi connectivity index (χ0n) is 9.83. The minimum Gasteiger partial charge on any atom is -0.489 e. The fourth-order valence-corrected chi connectivity index (χ4v) is 1.45. The van der Waals surface area contributed by atoms with Crippen molar-refractivity contribution >= 4 is 11.4 Å². The van der Waals surface area contributed by atoms with E-state index >= 15 is 0 Å². The summed E-state index contributed by atoms with van der Waals surface area (Å²) in [4.78, 5) is 20.1. The lowest BCUT2D eigenvalue weighted by atomic mass is 10.2. The highest BCUT2D eigenvalue weighted by molar-refractivity contribution is 5.71. The van der Waals surface area contributed by atoms with E-state index in [-0.39, 0.29) is 17.2 Å². The topological polar surface area (TPSA) is 114 Å². The summed E-state index contributed by atoms with van der Waals surface area (Å²) in [7, 11) is 3.58. The van der Waals surface area contributed by atoms with Crippen molar-refractivity contribution in [3.63, 3.8) is 0 Å². The first-order valence-corrected chi connectivity index (χ1v) is 4.59. The molecule has 0 aromatic heterocycles. The van der Waals surface area contributed by atoms with Crippen molar-refractivity contribution in [3.8, 4) is 17.2 Å². The van der Waals surface area contributed by atoms with E-state index in [2.05, 4.69) is 0 Å². The first-order chi connectivity index (χ1) is 8.47. The normalized spacial score (nSPS) is 9.72. The summed E-state index contributed by atoms with van der Waals surface area (Å²) >= 11 is 0. The molecule has 0 atom stereocenters. The van der Waals surface area contributed by atoms with E-state index in [1.165, 1.54) is 21.3 Å². The maximum Gasteiger partial charge on any atom is 0.322 e. The Kier molecular flexibility index (Phi) is 3.87. The molecule has 0 unspecified atom stereocenters. The fraction of sp³-hybridized carbons (Fsp3) is 0.333. The molecule has 1 rings (SSSR count). The Morgan fingerprint density at radius 2 is 1.17 bits per heavy atom. The number of nitro benzene ring substituents is 2. The summed E-state index contributed by atoms with van der Waals surface area (Å²) in [5.74, 6) is -0.657. The van der Waals surface area contributed by atoms with Gasteiger partial charge in [-0.05, 0) is 0 Å². The van der Waals surface area contributed by atoms with Gasteiger partial charge in [-0.2, -0.15) is 0 Å². The first kappa shape index (κ1) is 13.5. The quantitative estimate of drug-likeness (QED) is 0.580. The minimum atomic E-state index is -0.798. The monoisotopic (exact) mass is 258 g/mol. The van der Waals surface area contributed by atoms with Crippen molar-refractivity contribution in [3.05, 3.63) is 26.3 Å². The molecule has 0 aliphatic heterocycles. The Balaban J connectivity index is 3.72. The zero-order valence-corrected chi connectivity index (χ0v) is 9.83. The molecule has 18 heavy (non-hydrogen) atoms. The van der Waals surface area contributed by atoms with Crippen molar-refractivity contribution in [2.24, 2.45) is 0 Å². The molecule has 0 radical (unpaired) electrons. The van der Waals surface area contributed by atoms with Crippen LogP contribution < -0.4 is 14.2 Å². The third-order valence-electron chi connectivity index (χ3n) is 2.16. The molecule has 0 heterocycles. The van der Waals surface area contributed by atoms with Gasteiger partial charge in [0, 0.05) is 0 Å². The summed E-state index contributed by atoms with van der Waals surface area (Å²) < 4.78 is 14.6. The molecule has 0 amide bonds. The molecular formula is C9H10N2O7. The number of methoxy groups -OCH3 is 3. The number of rotatable bonds is 5. The summed E-state index contributed by atoms with van der Waals surface area (Å²) in [6.45, 7) is 0. The Labute approximate surface area is 101 Å². The van der Waals surface area contributed by atoms with Crippen molar-refractivity contribution in [1.82, 2.24) is 0 Å². The number of hydrogen-bond acceptors (Lipinski definition) is 7. The molecule has 0 aliphatic rings. The second-order valence-corrected chi connectivity index (χ2v) is 3.03. The summed E-state index contributed by atoms with van der Waals surface area (Å²) in [6, 6.07) is 0.764. The van der Waals surface area contributed by atoms with E-state index in [1.54, 1.807) is 0 Å². The van der Waals surface area contributed by atoms with Crippen LogP contribution in [0.2, 0.25) is 0 Å². The van der Waals surface area contributed by atoms with Crippen LogP contribution in [0, 0.1) is 20.2 Å². The second-order valence-electron chi connectivity index (χ2n) is 3.03. The lowest BCUT2D eigenvalue weighted by molar-refractivity contribution is -0.395. The number of hydrogen-bond donors (Lipinski definition) is 0. The highest BCUT2D eigenvalue weighted by Gasteiger charge is 2.32. The zero-order chi connectivity index (χ0) is 13.9. The molecule has 0 saturated heterocycles. The number of benzene rings is 1. The number of ether oxygens (including phenoxy) is 3. The Morgan fingerprint density at radius 3 is 1.39 bits per heavy atom. The van der Waals surface area contributed by atoms with E-state index < -0.39 is 21.2 Å². The average molecular weight is 258 g/mol. The molecule has 0 aliphatic carbocycles. The van der Waals surface area contributed by atoms with E-state index in [4.69, 9.17) is 14.2 Å². The van der Waals surface area contributed by atoms with E-state index in [1.807, 2.05) is 0 Å². The van der Waals surface area contributed by atoms with E-state index in [0.29, 0.717) is 0 Å². The molecular weight excluding hydrogens is 248 g/mol. The molecule has 9 nitrogen and oxygen atoms in total. The third kappa shape index (κ3) is 2.10. The first-order valence-electron chi connectivity index (χ1n) is 4.59. The fourth-order valence-electron chi connectivity index (χ4n) is 1.45. The largest absolute Gasteiger partial charge is 0.489 e. The van der Waals surface area contributed by atoms with Crippen LogP contribution >= 0.6 is 0 Å². The van der Waals surface area contributed by atoms with Gasteiger partial charge in [-0.3, -0.25) is 20.2 Å². The van der Waals surface area contributed by atoms with Gasteiger partial charge in [-0.25, -0.2) is 0 Å². The van der Waals surface area contributed by atoms with Gasteiger partial charge in [-0.1, -0.05) is 0 Å². The smallest absolute Gasteiger partial charge is 0.322 e. The van der Waals surface area contributed by atoms with Crippen LogP contribution in [0.1, 0.15) is 0 Å². The van der Waals surface area contributed by atoms with Crippen LogP contribution in [0.4, 0.5) is 11.4 Å². The van der Waals surface area contributed by atoms with Crippen LogP contribution in [-0.2, 0) is 0 Å². The molecule has 98 valence electrons. The number of nitro groups is 2. The maximum atomic E-state index is 10.8.